The first-order chi connectivity index (χ1) is 6.81. The molecule has 1 atom stereocenters. The van der Waals surface area contributed by atoms with E-state index in [1.807, 2.05) is 0 Å². The minimum absolute atomic E-state index is 0.00815. The molecule has 0 saturated heterocycles. The first-order valence-corrected chi connectivity index (χ1v) is 6.37. The van der Waals surface area contributed by atoms with Crippen LogP contribution >= 0.6 is 11.8 Å². The Morgan fingerprint density at radius 2 is 2.43 bits per heavy atom. The molecular formula is C9H16N4S. The van der Waals surface area contributed by atoms with Crippen molar-refractivity contribution < 1.29 is 0 Å². The van der Waals surface area contributed by atoms with Crippen LogP contribution in [0.3, 0.4) is 0 Å². The van der Waals surface area contributed by atoms with Crippen molar-refractivity contribution in [2.24, 2.45) is 5.73 Å². The van der Waals surface area contributed by atoms with E-state index < -0.39 is 0 Å². The van der Waals surface area contributed by atoms with Gasteiger partial charge in [-0.1, -0.05) is 0 Å². The highest BCUT2D eigenvalue weighted by Gasteiger charge is 2.27. The van der Waals surface area contributed by atoms with E-state index >= 15 is 0 Å². The molecule has 1 heterocycles. The maximum atomic E-state index is 5.96. The Labute approximate surface area is 88.1 Å². The van der Waals surface area contributed by atoms with Crippen LogP contribution in [0.15, 0.2) is 0 Å². The van der Waals surface area contributed by atoms with Gasteiger partial charge < -0.3 is 5.73 Å². The SMILES string of the molecule is CSCC[C@H](N)c1n[nH]c(C2CC2)n1. The summed E-state index contributed by atoms with van der Waals surface area (Å²) < 4.78 is 0. The summed E-state index contributed by atoms with van der Waals surface area (Å²) in [5.74, 6) is 3.50. The summed E-state index contributed by atoms with van der Waals surface area (Å²) in [6.07, 6.45) is 5.52. The minimum Gasteiger partial charge on any atom is -0.321 e. The summed E-state index contributed by atoms with van der Waals surface area (Å²) in [5, 5.41) is 7.14. The number of rotatable bonds is 5. The summed E-state index contributed by atoms with van der Waals surface area (Å²) in [5.41, 5.74) is 5.96. The molecule has 14 heavy (non-hydrogen) atoms. The first-order valence-electron chi connectivity index (χ1n) is 4.98. The lowest BCUT2D eigenvalue weighted by Crippen LogP contribution is -2.13. The van der Waals surface area contributed by atoms with Gasteiger partial charge in [0.2, 0.25) is 0 Å². The lowest BCUT2D eigenvalue weighted by atomic mass is 10.2. The second-order valence-corrected chi connectivity index (χ2v) is 4.73. The highest BCUT2D eigenvalue weighted by Crippen LogP contribution is 2.38. The van der Waals surface area contributed by atoms with Crippen molar-refractivity contribution in [3.05, 3.63) is 11.6 Å². The summed E-state index contributed by atoms with van der Waals surface area (Å²) >= 11 is 1.80. The van der Waals surface area contributed by atoms with E-state index in [4.69, 9.17) is 5.73 Å². The third kappa shape index (κ3) is 2.27. The normalized spacial score (nSPS) is 18.4. The van der Waals surface area contributed by atoms with Gasteiger partial charge in [-0.15, -0.1) is 0 Å². The van der Waals surface area contributed by atoms with Crippen molar-refractivity contribution in [3.63, 3.8) is 0 Å². The second-order valence-electron chi connectivity index (χ2n) is 3.74. The van der Waals surface area contributed by atoms with Gasteiger partial charge in [-0.2, -0.15) is 16.9 Å². The molecular weight excluding hydrogens is 196 g/mol. The fraction of sp³-hybridized carbons (Fsp3) is 0.778. The van der Waals surface area contributed by atoms with Gasteiger partial charge in [-0.3, -0.25) is 5.10 Å². The molecule has 0 spiro atoms. The summed E-state index contributed by atoms with van der Waals surface area (Å²) in [7, 11) is 0. The van der Waals surface area contributed by atoms with E-state index in [0.717, 1.165) is 23.8 Å². The molecule has 1 fully saturated rings. The molecule has 3 N–H and O–H groups in total. The van der Waals surface area contributed by atoms with E-state index in [1.54, 1.807) is 11.8 Å². The average Bonchev–Trinajstić information content (AvgIpc) is 2.93. The van der Waals surface area contributed by atoms with Crippen LogP contribution in [0.2, 0.25) is 0 Å². The molecule has 4 nitrogen and oxygen atoms in total. The highest BCUT2D eigenvalue weighted by atomic mass is 32.2. The average molecular weight is 212 g/mol. The molecule has 0 radical (unpaired) electrons. The number of hydrogen-bond donors (Lipinski definition) is 2. The Kier molecular flexibility index (Phi) is 3.08. The van der Waals surface area contributed by atoms with Crippen LogP contribution in [-0.4, -0.2) is 27.2 Å². The van der Waals surface area contributed by atoms with Gasteiger partial charge in [0.25, 0.3) is 0 Å². The number of thioether (sulfide) groups is 1. The Morgan fingerprint density at radius 1 is 1.64 bits per heavy atom. The van der Waals surface area contributed by atoms with Crippen molar-refractivity contribution in [2.75, 3.05) is 12.0 Å². The zero-order valence-corrected chi connectivity index (χ0v) is 9.18. The molecule has 0 aliphatic heterocycles. The van der Waals surface area contributed by atoms with Gasteiger partial charge in [-0.25, -0.2) is 4.98 Å². The van der Waals surface area contributed by atoms with Gasteiger partial charge in [0.1, 0.15) is 5.82 Å². The van der Waals surface area contributed by atoms with Crippen molar-refractivity contribution in [1.29, 1.82) is 0 Å². The number of nitrogens with two attached hydrogens (primary N) is 1. The zero-order valence-electron chi connectivity index (χ0n) is 8.36. The van der Waals surface area contributed by atoms with Crippen molar-refractivity contribution in [3.8, 4) is 0 Å². The van der Waals surface area contributed by atoms with Crippen LogP contribution in [0.25, 0.3) is 0 Å². The zero-order chi connectivity index (χ0) is 9.97. The predicted molar refractivity (Wildman–Crippen MR) is 58.3 cm³/mol. The summed E-state index contributed by atoms with van der Waals surface area (Å²) in [6, 6.07) is -0.00815. The van der Waals surface area contributed by atoms with Crippen LogP contribution in [0.5, 0.6) is 0 Å². The van der Waals surface area contributed by atoms with Crippen molar-refractivity contribution in [1.82, 2.24) is 15.2 Å². The van der Waals surface area contributed by atoms with Gasteiger partial charge in [0, 0.05) is 5.92 Å². The molecule has 0 unspecified atom stereocenters. The Bertz CT molecular complexity index is 295. The van der Waals surface area contributed by atoms with E-state index in [-0.39, 0.29) is 6.04 Å². The maximum absolute atomic E-state index is 5.96. The minimum atomic E-state index is -0.00815. The number of hydrogen-bond acceptors (Lipinski definition) is 4. The monoisotopic (exact) mass is 212 g/mol. The maximum Gasteiger partial charge on any atom is 0.167 e. The standard InChI is InChI=1S/C9H16N4S/c1-14-5-4-7(10)9-11-8(12-13-9)6-2-3-6/h6-7H,2-5,10H2,1H3,(H,11,12,13)/t7-/m0/s1. The molecule has 1 aromatic rings. The number of nitrogens with one attached hydrogen (secondary N) is 1. The quantitative estimate of drug-likeness (QED) is 0.775. The van der Waals surface area contributed by atoms with Crippen LogP contribution in [-0.2, 0) is 0 Å². The van der Waals surface area contributed by atoms with Crippen LogP contribution in [0, 0.1) is 0 Å². The van der Waals surface area contributed by atoms with Gasteiger partial charge >= 0.3 is 0 Å². The van der Waals surface area contributed by atoms with Crippen molar-refractivity contribution in [2.45, 2.75) is 31.2 Å². The number of aromatic nitrogens is 3. The number of nitrogens with zero attached hydrogens (tertiary/aromatic N) is 2. The second kappa shape index (κ2) is 4.31. The molecule has 0 bridgehead atoms. The third-order valence-electron chi connectivity index (χ3n) is 2.45. The predicted octanol–water partition coefficient (Wildman–Crippen LogP) is 1.44. The fourth-order valence-electron chi connectivity index (χ4n) is 1.37. The molecule has 2 rings (SSSR count). The first kappa shape index (κ1) is 9.98. The largest absolute Gasteiger partial charge is 0.321 e. The molecule has 0 aromatic carbocycles. The smallest absolute Gasteiger partial charge is 0.167 e. The van der Waals surface area contributed by atoms with Crippen LogP contribution < -0.4 is 5.73 Å². The number of aromatic amines is 1. The Morgan fingerprint density at radius 3 is 3.07 bits per heavy atom. The summed E-state index contributed by atoms with van der Waals surface area (Å²) in [6.45, 7) is 0. The topological polar surface area (TPSA) is 67.6 Å². The lowest BCUT2D eigenvalue weighted by Gasteiger charge is -2.04. The van der Waals surface area contributed by atoms with E-state index in [0.29, 0.717) is 5.92 Å². The van der Waals surface area contributed by atoms with E-state index in [9.17, 15) is 0 Å². The van der Waals surface area contributed by atoms with Gasteiger partial charge in [-0.05, 0) is 31.3 Å². The molecule has 78 valence electrons. The number of H-pyrrole nitrogens is 1. The van der Waals surface area contributed by atoms with Crippen molar-refractivity contribution >= 4 is 11.8 Å². The molecule has 1 aliphatic rings. The molecule has 1 aliphatic carbocycles. The van der Waals surface area contributed by atoms with E-state index in [2.05, 4.69) is 21.4 Å². The third-order valence-corrected chi connectivity index (χ3v) is 3.09. The molecule has 5 heteroatoms. The Balaban J connectivity index is 1.93. The molecule has 0 amide bonds. The van der Waals surface area contributed by atoms with Crippen LogP contribution in [0.1, 0.15) is 42.9 Å². The van der Waals surface area contributed by atoms with E-state index in [1.165, 1.54) is 12.8 Å². The molecule has 1 aromatic heterocycles. The molecule has 1 saturated carbocycles. The lowest BCUT2D eigenvalue weighted by molar-refractivity contribution is 0.657. The van der Waals surface area contributed by atoms with Gasteiger partial charge in [0.15, 0.2) is 5.82 Å². The van der Waals surface area contributed by atoms with Gasteiger partial charge in [0.05, 0.1) is 6.04 Å². The van der Waals surface area contributed by atoms with Crippen LogP contribution in [0.4, 0.5) is 0 Å². The Hall–Kier alpha value is -0.550. The summed E-state index contributed by atoms with van der Waals surface area (Å²) in [4.78, 5) is 4.42. The fourth-order valence-corrected chi connectivity index (χ4v) is 1.86. The highest BCUT2D eigenvalue weighted by molar-refractivity contribution is 7.98.